The number of amides is 1. The lowest BCUT2D eigenvalue weighted by molar-refractivity contribution is -0.119. The van der Waals surface area contributed by atoms with Gasteiger partial charge in [-0.1, -0.05) is 0 Å². The van der Waals surface area contributed by atoms with Crippen LogP contribution in [0.1, 0.15) is 13.8 Å². The van der Waals surface area contributed by atoms with Gasteiger partial charge in [0.1, 0.15) is 0 Å². The minimum atomic E-state index is -0.00121. The second kappa shape index (κ2) is 7.06. The summed E-state index contributed by atoms with van der Waals surface area (Å²) in [4.78, 5) is 10.7. The van der Waals surface area contributed by atoms with Gasteiger partial charge in [0.25, 0.3) is 0 Å². The smallest absolute Gasteiger partial charge is 0.233 e. The van der Waals surface area contributed by atoms with E-state index in [1.54, 1.807) is 7.05 Å². The molecule has 0 saturated heterocycles. The van der Waals surface area contributed by atoms with Crippen molar-refractivity contribution in [1.29, 1.82) is 0 Å². The van der Waals surface area contributed by atoms with Gasteiger partial charge in [0.15, 0.2) is 0 Å². The first kappa shape index (κ1) is 11.4. The summed E-state index contributed by atoms with van der Waals surface area (Å²) < 4.78 is 5.26. The SMILES string of the molecule is CCOC(C)CNCC(=O)NC. The van der Waals surface area contributed by atoms with E-state index in [2.05, 4.69) is 10.6 Å². The van der Waals surface area contributed by atoms with Gasteiger partial charge in [0, 0.05) is 20.2 Å². The number of nitrogens with one attached hydrogen (secondary N) is 2. The molecule has 0 spiro atoms. The van der Waals surface area contributed by atoms with Crippen molar-refractivity contribution < 1.29 is 9.53 Å². The average Bonchev–Trinajstić information content (AvgIpc) is 2.04. The molecule has 1 amide bonds. The third-order valence-electron chi connectivity index (χ3n) is 1.45. The van der Waals surface area contributed by atoms with Gasteiger partial charge in [-0.3, -0.25) is 4.79 Å². The van der Waals surface area contributed by atoms with Crippen molar-refractivity contribution in [3.63, 3.8) is 0 Å². The Bertz CT molecular complexity index is 128. The summed E-state index contributed by atoms with van der Waals surface area (Å²) in [6.45, 7) is 5.70. The molecule has 0 aliphatic heterocycles. The van der Waals surface area contributed by atoms with Gasteiger partial charge in [0.05, 0.1) is 12.6 Å². The van der Waals surface area contributed by atoms with Gasteiger partial charge < -0.3 is 15.4 Å². The molecular weight excluding hydrogens is 156 g/mol. The van der Waals surface area contributed by atoms with Gasteiger partial charge in [-0.05, 0) is 13.8 Å². The zero-order chi connectivity index (χ0) is 9.40. The quantitative estimate of drug-likeness (QED) is 0.583. The number of hydrogen-bond donors (Lipinski definition) is 2. The van der Waals surface area contributed by atoms with Crippen LogP contribution in [0.5, 0.6) is 0 Å². The third-order valence-corrected chi connectivity index (χ3v) is 1.45. The van der Waals surface area contributed by atoms with Crippen LogP contribution in [0, 0.1) is 0 Å². The fraction of sp³-hybridized carbons (Fsp3) is 0.875. The molecule has 72 valence electrons. The van der Waals surface area contributed by atoms with E-state index < -0.39 is 0 Å². The highest BCUT2D eigenvalue weighted by Crippen LogP contribution is 1.86. The largest absolute Gasteiger partial charge is 0.377 e. The number of hydrogen-bond acceptors (Lipinski definition) is 3. The molecule has 12 heavy (non-hydrogen) atoms. The first-order valence-electron chi connectivity index (χ1n) is 4.23. The van der Waals surface area contributed by atoms with Crippen molar-refractivity contribution >= 4 is 5.91 Å². The van der Waals surface area contributed by atoms with Gasteiger partial charge in [-0.15, -0.1) is 0 Å². The Kier molecular flexibility index (Phi) is 6.70. The van der Waals surface area contributed by atoms with Crippen LogP contribution in [0.15, 0.2) is 0 Å². The van der Waals surface area contributed by atoms with Crippen LogP contribution >= 0.6 is 0 Å². The summed E-state index contributed by atoms with van der Waals surface area (Å²) >= 11 is 0. The molecule has 2 N–H and O–H groups in total. The van der Waals surface area contributed by atoms with Gasteiger partial charge in [-0.2, -0.15) is 0 Å². The van der Waals surface area contributed by atoms with Gasteiger partial charge in [-0.25, -0.2) is 0 Å². The molecule has 4 heteroatoms. The first-order chi connectivity index (χ1) is 5.70. The first-order valence-corrected chi connectivity index (χ1v) is 4.23. The lowest BCUT2D eigenvalue weighted by Crippen LogP contribution is -2.35. The summed E-state index contributed by atoms with van der Waals surface area (Å²) in [7, 11) is 1.62. The van der Waals surface area contributed by atoms with Crippen LogP contribution in [-0.2, 0) is 9.53 Å². The molecule has 0 heterocycles. The standard InChI is InChI=1S/C8H18N2O2/c1-4-12-7(2)5-10-6-8(11)9-3/h7,10H,4-6H2,1-3H3,(H,9,11). The molecule has 0 saturated carbocycles. The van der Waals surface area contributed by atoms with Crippen LogP contribution in [0.3, 0.4) is 0 Å². The van der Waals surface area contributed by atoms with E-state index in [0.29, 0.717) is 19.7 Å². The van der Waals surface area contributed by atoms with Crippen molar-refractivity contribution in [3.8, 4) is 0 Å². The van der Waals surface area contributed by atoms with Crippen LogP contribution < -0.4 is 10.6 Å². The van der Waals surface area contributed by atoms with Crippen molar-refractivity contribution in [2.24, 2.45) is 0 Å². The Morgan fingerprint density at radius 3 is 2.75 bits per heavy atom. The maximum absolute atomic E-state index is 10.7. The van der Waals surface area contributed by atoms with Crippen molar-refractivity contribution in [2.45, 2.75) is 20.0 Å². The van der Waals surface area contributed by atoms with E-state index in [0.717, 1.165) is 0 Å². The predicted molar refractivity (Wildman–Crippen MR) is 48.0 cm³/mol. The molecule has 0 aliphatic carbocycles. The fourth-order valence-electron chi connectivity index (χ4n) is 0.821. The number of carbonyl (C=O) groups excluding carboxylic acids is 1. The molecule has 0 bridgehead atoms. The van der Waals surface area contributed by atoms with Crippen molar-refractivity contribution in [1.82, 2.24) is 10.6 Å². The van der Waals surface area contributed by atoms with Gasteiger partial charge >= 0.3 is 0 Å². The summed E-state index contributed by atoms with van der Waals surface area (Å²) in [6.07, 6.45) is 0.166. The highest BCUT2D eigenvalue weighted by molar-refractivity contribution is 5.77. The Balaban J connectivity index is 3.24. The summed E-state index contributed by atoms with van der Waals surface area (Å²) in [5.74, 6) is -0.00121. The van der Waals surface area contributed by atoms with Crippen molar-refractivity contribution in [2.75, 3.05) is 26.7 Å². The number of ether oxygens (including phenoxy) is 1. The summed E-state index contributed by atoms with van der Waals surface area (Å²) in [6, 6.07) is 0. The lowest BCUT2D eigenvalue weighted by Gasteiger charge is -2.11. The molecule has 4 nitrogen and oxygen atoms in total. The van der Waals surface area contributed by atoms with Crippen LogP contribution in [0.4, 0.5) is 0 Å². The lowest BCUT2D eigenvalue weighted by atomic mass is 10.4. The molecule has 1 unspecified atom stereocenters. The van der Waals surface area contributed by atoms with E-state index >= 15 is 0 Å². The molecule has 0 radical (unpaired) electrons. The Morgan fingerprint density at radius 2 is 2.25 bits per heavy atom. The fourth-order valence-corrected chi connectivity index (χ4v) is 0.821. The number of rotatable bonds is 6. The van der Waals surface area contributed by atoms with Crippen LogP contribution in [0.25, 0.3) is 0 Å². The zero-order valence-corrected chi connectivity index (χ0v) is 8.02. The Hall–Kier alpha value is -0.610. The van der Waals surface area contributed by atoms with E-state index in [1.807, 2.05) is 13.8 Å². The molecule has 0 rings (SSSR count). The molecule has 0 aliphatic rings. The highest BCUT2D eigenvalue weighted by Gasteiger charge is 2.01. The maximum Gasteiger partial charge on any atom is 0.233 e. The van der Waals surface area contributed by atoms with Gasteiger partial charge in [0.2, 0.25) is 5.91 Å². The van der Waals surface area contributed by atoms with E-state index in [1.165, 1.54) is 0 Å². The molecule has 1 atom stereocenters. The number of carbonyl (C=O) groups is 1. The molecule has 0 aromatic rings. The Morgan fingerprint density at radius 1 is 1.58 bits per heavy atom. The van der Waals surface area contributed by atoms with E-state index in [9.17, 15) is 4.79 Å². The zero-order valence-electron chi connectivity index (χ0n) is 8.02. The average molecular weight is 174 g/mol. The van der Waals surface area contributed by atoms with E-state index in [4.69, 9.17) is 4.74 Å². The topological polar surface area (TPSA) is 50.4 Å². The molecule has 0 aromatic carbocycles. The van der Waals surface area contributed by atoms with Crippen LogP contribution in [0.2, 0.25) is 0 Å². The second-order valence-corrected chi connectivity index (χ2v) is 2.57. The van der Waals surface area contributed by atoms with Crippen LogP contribution in [-0.4, -0.2) is 38.8 Å². The monoisotopic (exact) mass is 174 g/mol. The van der Waals surface area contributed by atoms with E-state index in [-0.39, 0.29) is 12.0 Å². The number of likely N-dealkylation sites (N-methyl/N-ethyl adjacent to an activating group) is 1. The minimum Gasteiger partial charge on any atom is -0.377 e. The summed E-state index contributed by atoms with van der Waals surface area (Å²) in [5.41, 5.74) is 0. The third kappa shape index (κ3) is 6.12. The Labute approximate surface area is 73.7 Å². The molecular formula is C8H18N2O2. The highest BCUT2D eigenvalue weighted by atomic mass is 16.5. The molecule has 0 aromatic heterocycles. The maximum atomic E-state index is 10.7. The predicted octanol–water partition coefficient (Wildman–Crippen LogP) is -0.253. The normalized spacial score (nSPS) is 12.6. The minimum absolute atomic E-state index is 0.00121. The summed E-state index contributed by atoms with van der Waals surface area (Å²) in [5, 5.41) is 5.51. The second-order valence-electron chi connectivity index (χ2n) is 2.57. The molecule has 0 fully saturated rings. The van der Waals surface area contributed by atoms with Crippen molar-refractivity contribution in [3.05, 3.63) is 0 Å².